The number of thiophene rings is 1. The van der Waals surface area contributed by atoms with Gasteiger partial charge in [-0.1, -0.05) is 46.0 Å². The van der Waals surface area contributed by atoms with Gasteiger partial charge in [0, 0.05) is 11.3 Å². The second-order valence-electron chi connectivity index (χ2n) is 7.12. The minimum absolute atomic E-state index is 0.0162. The van der Waals surface area contributed by atoms with Crippen LogP contribution < -0.4 is 5.32 Å². The van der Waals surface area contributed by atoms with E-state index in [1.807, 2.05) is 6.92 Å². The first kappa shape index (κ1) is 20.9. The molecule has 0 bridgehead atoms. The summed E-state index contributed by atoms with van der Waals surface area (Å²) in [6.07, 6.45) is 12.3. The molecule has 0 spiro atoms. The molecule has 146 valence electrons. The van der Waals surface area contributed by atoms with Crippen molar-refractivity contribution >= 4 is 28.2 Å². The molecule has 1 aromatic rings. The Morgan fingerprint density at radius 3 is 2.54 bits per heavy atom. The first-order chi connectivity index (χ1) is 12.7. The van der Waals surface area contributed by atoms with Crippen molar-refractivity contribution in [2.75, 3.05) is 11.9 Å². The van der Waals surface area contributed by atoms with Gasteiger partial charge >= 0.3 is 5.97 Å². The third kappa shape index (κ3) is 6.11. The molecule has 0 radical (unpaired) electrons. The van der Waals surface area contributed by atoms with Crippen LogP contribution in [-0.2, 0) is 22.4 Å². The Morgan fingerprint density at radius 1 is 1.00 bits per heavy atom. The highest BCUT2D eigenvalue weighted by Gasteiger charge is 2.26. The summed E-state index contributed by atoms with van der Waals surface area (Å²) in [5.74, 6) is -0.257. The van der Waals surface area contributed by atoms with E-state index in [0.29, 0.717) is 23.6 Å². The number of nitrogens with one attached hydrogen (secondary N) is 1. The van der Waals surface area contributed by atoms with Crippen LogP contribution in [0, 0.1) is 0 Å². The maximum Gasteiger partial charge on any atom is 0.341 e. The van der Waals surface area contributed by atoms with E-state index in [0.717, 1.165) is 50.5 Å². The summed E-state index contributed by atoms with van der Waals surface area (Å²) in [4.78, 5) is 26.2. The average Bonchev–Trinajstić information content (AvgIpc) is 2.80. The molecule has 0 fully saturated rings. The van der Waals surface area contributed by atoms with Crippen molar-refractivity contribution in [3.8, 4) is 0 Å². The molecule has 0 aliphatic heterocycles. The van der Waals surface area contributed by atoms with Crippen molar-refractivity contribution in [1.29, 1.82) is 0 Å². The van der Waals surface area contributed by atoms with E-state index in [4.69, 9.17) is 4.74 Å². The van der Waals surface area contributed by atoms with Gasteiger partial charge in [0.25, 0.3) is 0 Å². The van der Waals surface area contributed by atoms with Crippen LogP contribution >= 0.6 is 11.3 Å². The molecule has 4 nitrogen and oxygen atoms in total. The fourth-order valence-corrected chi connectivity index (χ4v) is 4.69. The lowest BCUT2D eigenvalue weighted by molar-refractivity contribution is -0.116. The van der Waals surface area contributed by atoms with Gasteiger partial charge in [-0.05, 0) is 44.1 Å². The van der Waals surface area contributed by atoms with Crippen LogP contribution in [0.25, 0.3) is 0 Å². The van der Waals surface area contributed by atoms with Crippen molar-refractivity contribution in [3.63, 3.8) is 0 Å². The summed E-state index contributed by atoms with van der Waals surface area (Å²) in [7, 11) is 0. The van der Waals surface area contributed by atoms with Gasteiger partial charge in [0.15, 0.2) is 0 Å². The molecule has 2 rings (SSSR count). The zero-order valence-corrected chi connectivity index (χ0v) is 17.1. The third-order valence-electron chi connectivity index (χ3n) is 4.82. The summed E-state index contributed by atoms with van der Waals surface area (Å²) in [5.41, 5.74) is 1.74. The lowest BCUT2D eigenvalue weighted by atomic mass is 10.1. The molecule has 0 saturated heterocycles. The summed E-state index contributed by atoms with van der Waals surface area (Å²) < 4.78 is 5.41. The van der Waals surface area contributed by atoms with Crippen LogP contribution in [0.15, 0.2) is 0 Å². The number of fused-ring (bicyclic) bond motifs is 1. The molecule has 0 unspecified atom stereocenters. The van der Waals surface area contributed by atoms with Crippen molar-refractivity contribution < 1.29 is 14.3 Å². The lowest BCUT2D eigenvalue weighted by Gasteiger charge is -2.09. The summed E-state index contributed by atoms with van der Waals surface area (Å²) >= 11 is 1.58. The van der Waals surface area contributed by atoms with E-state index >= 15 is 0 Å². The van der Waals surface area contributed by atoms with Crippen LogP contribution in [0.4, 0.5) is 5.00 Å². The molecule has 1 N–H and O–H groups in total. The highest BCUT2D eigenvalue weighted by Crippen LogP contribution is 2.38. The highest BCUT2D eigenvalue weighted by atomic mass is 32.1. The van der Waals surface area contributed by atoms with Gasteiger partial charge in [0.2, 0.25) is 5.91 Å². The largest absolute Gasteiger partial charge is 0.462 e. The maximum atomic E-state index is 12.6. The Labute approximate surface area is 161 Å². The zero-order valence-electron chi connectivity index (χ0n) is 16.3. The number of hydrogen-bond donors (Lipinski definition) is 1. The molecule has 1 aliphatic rings. The van der Waals surface area contributed by atoms with Crippen LogP contribution in [0.2, 0.25) is 0 Å². The molecule has 1 aromatic heterocycles. The average molecular weight is 380 g/mol. The number of rotatable bonds is 10. The Hall–Kier alpha value is -1.36. The molecule has 0 aromatic carbocycles. The molecule has 1 amide bonds. The minimum Gasteiger partial charge on any atom is -0.462 e. The standard InChI is InChI=1S/C21H33NO3S/c1-3-5-6-7-11-14-18(23)22-20-19(21(24)25-15-4-2)16-12-9-8-10-13-17(16)26-20/h3-15H2,1-2H3,(H,22,23). The van der Waals surface area contributed by atoms with Crippen molar-refractivity contribution in [3.05, 3.63) is 16.0 Å². The van der Waals surface area contributed by atoms with Gasteiger partial charge in [-0.3, -0.25) is 4.79 Å². The molecule has 0 atom stereocenters. The first-order valence-corrected chi connectivity index (χ1v) is 11.1. The molecular weight excluding hydrogens is 346 g/mol. The number of hydrogen-bond acceptors (Lipinski definition) is 4. The van der Waals surface area contributed by atoms with E-state index in [1.165, 1.54) is 30.6 Å². The third-order valence-corrected chi connectivity index (χ3v) is 6.03. The number of anilines is 1. The monoisotopic (exact) mass is 379 g/mol. The number of carbonyl (C=O) groups is 2. The van der Waals surface area contributed by atoms with Gasteiger partial charge < -0.3 is 10.1 Å². The van der Waals surface area contributed by atoms with E-state index in [-0.39, 0.29) is 11.9 Å². The predicted molar refractivity (Wildman–Crippen MR) is 108 cm³/mol. The summed E-state index contributed by atoms with van der Waals surface area (Å²) in [6, 6.07) is 0. The smallest absolute Gasteiger partial charge is 0.341 e. The lowest BCUT2D eigenvalue weighted by Crippen LogP contribution is -2.15. The molecule has 5 heteroatoms. The van der Waals surface area contributed by atoms with Gasteiger partial charge in [0.1, 0.15) is 5.00 Å². The van der Waals surface area contributed by atoms with Crippen LogP contribution in [0.1, 0.15) is 98.9 Å². The van der Waals surface area contributed by atoms with E-state index in [2.05, 4.69) is 12.2 Å². The Balaban J connectivity index is 2.06. The molecular formula is C21H33NO3S. The molecule has 1 heterocycles. The van der Waals surface area contributed by atoms with Gasteiger partial charge in [-0.2, -0.15) is 0 Å². The Kier molecular flexibility index (Phi) is 9.16. The maximum absolute atomic E-state index is 12.6. The van der Waals surface area contributed by atoms with E-state index in [1.54, 1.807) is 11.3 Å². The van der Waals surface area contributed by atoms with Gasteiger partial charge in [0.05, 0.1) is 12.2 Å². The second-order valence-corrected chi connectivity index (χ2v) is 8.22. The normalized spacial score (nSPS) is 13.8. The second kappa shape index (κ2) is 11.4. The molecule has 1 aliphatic carbocycles. The van der Waals surface area contributed by atoms with Gasteiger partial charge in [-0.25, -0.2) is 4.79 Å². The van der Waals surface area contributed by atoms with E-state index < -0.39 is 0 Å². The fraction of sp³-hybridized carbons (Fsp3) is 0.714. The van der Waals surface area contributed by atoms with Crippen LogP contribution in [-0.4, -0.2) is 18.5 Å². The quantitative estimate of drug-likeness (QED) is 0.313. The van der Waals surface area contributed by atoms with Crippen molar-refractivity contribution in [2.45, 2.75) is 90.9 Å². The Morgan fingerprint density at radius 2 is 1.77 bits per heavy atom. The number of aryl methyl sites for hydroxylation is 1. The highest BCUT2D eigenvalue weighted by molar-refractivity contribution is 7.17. The van der Waals surface area contributed by atoms with Crippen LogP contribution in [0.5, 0.6) is 0 Å². The summed E-state index contributed by atoms with van der Waals surface area (Å²) in [6.45, 7) is 4.60. The number of unbranched alkanes of at least 4 members (excludes halogenated alkanes) is 4. The number of esters is 1. The first-order valence-electron chi connectivity index (χ1n) is 10.3. The van der Waals surface area contributed by atoms with Gasteiger partial charge in [-0.15, -0.1) is 11.3 Å². The Bertz CT molecular complexity index is 594. The van der Waals surface area contributed by atoms with Crippen molar-refractivity contribution in [1.82, 2.24) is 0 Å². The minimum atomic E-state index is -0.274. The van der Waals surface area contributed by atoms with Crippen LogP contribution in [0.3, 0.4) is 0 Å². The number of carbonyl (C=O) groups excluding carboxylic acids is 2. The fourth-order valence-electron chi connectivity index (χ4n) is 3.39. The molecule has 0 saturated carbocycles. The SMILES string of the molecule is CCCCCCCC(=O)Nc1sc2c(c1C(=O)OCCC)CCCCC2. The predicted octanol–water partition coefficient (Wildman–Crippen LogP) is 5.88. The molecule has 26 heavy (non-hydrogen) atoms. The zero-order chi connectivity index (χ0) is 18.8. The number of amides is 1. The topological polar surface area (TPSA) is 55.4 Å². The van der Waals surface area contributed by atoms with E-state index in [9.17, 15) is 9.59 Å². The summed E-state index contributed by atoms with van der Waals surface area (Å²) in [5, 5.41) is 3.72. The number of ether oxygens (including phenoxy) is 1. The van der Waals surface area contributed by atoms with Crippen molar-refractivity contribution in [2.24, 2.45) is 0 Å².